The van der Waals surface area contributed by atoms with Crippen LogP contribution in [0.25, 0.3) is 0 Å². The average Bonchev–Trinajstić information content (AvgIpc) is 3.02. The summed E-state index contributed by atoms with van der Waals surface area (Å²) in [5.74, 6) is 0.184. The summed E-state index contributed by atoms with van der Waals surface area (Å²) < 4.78 is 0. The molecule has 1 saturated carbocycles. The molecule has 1 amide bonds. The molecule has 3 fully saturated rings. The van der Waals surface area contributed by atoms with E-state index in [1.807, 2.05) is 4.90 Å². The Morgan fingerprint density at radius 3 is 2.43 bits per heavy atom. The molecule has 4 nitrogen and oxygen atoms in total. The van der Waals surface area contributed by atoms with E-state index in [0.29, 0.717) is 12.5 Å². The molecule has 120 valence electrons. The Hall–Kier alpha value is -0.610. The number of rotatable bonds is 3. The van der Waals surface area contributed by atoms with Gasteiger partial charge in [-0.2, -0.15) is 0 Å². The van der Waals surface area contributed by atoms with Crippen LogP contribution in [0.2, 0.25) is 0 Å². The monoisotopic (exact) mass is 294 g/mol. The molecule has 1 aliphatic carbocycles. The van der Waals surface area contributed by atoms with Crippen LogP contribution < -0.4 is 0 Å². The van der Waals surface area contributed by atoms with Crippen LogP contribution in [0.15, 0.2) is 0 Å². The second kappa shape index (κ2) is 6.66. The molecule has 1 atom stereocenters. The molecule has 4 heteroatoms. The summed E-state index contributed by atoms with van der Waals surface area (Å²) in [5, 5.41) is 10.6. The Balaban J connectivity index is 1.53. The lowest BCUT2D eigenvalue weighted by atomic mass is 9.82. The minimum Gasteiger partial charge on any atom is -0.389 e. The van der Waals surface area contributed by atoms with E-state index in [1.165, 1.54) is 38.8 Å². The predicted octanol–water partition coefficient (Wildman–Crippen LogP) is 2.16. The lowest BCUT2D eigenvalue weighted by Crippen LogP contribution is -2.50. The molecule has 2 aliphatic heterocycles. The maximum absolute atomic E-state index is 12.6. The lowest BCUT2D eigenvalue weighted by molar-refractivity contribution is -0.139. The van der Waals surface area contributed by atoms with Crippen molar-refractivity contribution in [3.8, 4) is 0 Å². The number of carbonyl (C=O) groups is 1. The molecule has 0 aromatic rings. The first kappa shape index (κ1) is 15.3. The topological polar surface area (TPSA) is 43.8 Å². The highest BCUT2D eigenvalue weighted by Crippen LogP contribution is 2.32. The van der Waals surface area contributed by atoms with Crippen molar-refractivity contribution in [2.75, 3.05) is 26.2 Å². The van der Waals surface area contributed by atoms with E-state index >= 15 is 0 Å². The van der Waals surface area contributed by atoms with Gasteiger partial charge in [0.15, 0.2) is 0 Å². The van der Waals surface area contributed by atoms with Crippen molar-refractivity contribution < 1.29 is 9.90 Å². The van der Waals surface area contributed by atoms with Crippen molar-refractivity contribution in [1.82, 2.24) is 9.80 Å². The molecule has 2 saturated heterocycles. The van der Waals surface area contributed by atoms with E-state index in [4.69, 9.17) is 0 Å². The van der Waals surface area contributed by atoms with Crippen molar-refractivity contribution in [3.63, 3.8) is 0 Å². The zero-order chi connectivity index (χ0) is 14.7. The Kier molecular flexibility index (Phi) is 4.85. The van der Waals surface area contributed by atoms with Crippen molar-refractivity contribution in [2.45, 2.75) is 75.9 Å². The summed E-state index contributed by atoms with van der Waals surface area (Å²) in [4.78, 5) is 17.2. The fraction of sp³-hybridized carbons (Fsp3) is 0.941. The normalized spacial score (nSPS) is 30.5. The molecule has 0 spiro atoms. The first-order chi connectivity index (χ1) is 10.2. The van der Waals surface area contributed by atoms with Crippen LogP contribution >= 0.6 is 0 Å². The zero-order valence-corrected chi connectivity index (χ0v) is 13.2. The van der Waals surface area contributed by atoms with E-state index in [0.717, 1.165) is 45.2 Å². The van der Waals surface area contributed by atoms with E-state index in [-0.39, 0.29) is 5.91 Å². The molecular weight excluding hydrogens is 264 g/mol. The third-order valence-corrected chi connectivity index (χ3v) is 5.67. The average molecular weight is 294 g/mol. The number of hydrogen-bond donors (Lipinski definition) is 1. The van der Waals surface area contributed by atoms with Crippen LogP contribution in [0.4, 0.5) is 0 Å². The van der Waals surface area contributed by atoms with Gasteiger partial charge in [-0.15, -0.1) is 0 Å². The van der Waals surface area contributed by atoms with Gasteiger partial charge in [-0.1, -0.05) is 19.3 Å². The first-order valence-corrected chi connectivity index (χ1v) is 8.91. The number of carbonyl (C=O) groups excluding carboxylic acids is 1. The van der Waals surface area contributed by atoms with Gasteiger partial charge < -0.3 is 10.0 Å². The smallest absolute Gasteiger partial charge is 0.225 e. The second-order valence-electron chi connectivity index (χ2n) is 7.34. The number of hydrogen-bond acceptors (Lipinski definition) is 3. The summed E-state index contributed by atoms with van der Waals surface area (Å²) in [5.41, 5.74) is -0.712. The number of aliphatic hydroxyl groups is 1. The predicted molar refractivity (Wildman–Crippen MR) is 83.1 cm³/mol. The van der Waals surface area contributed by atoms with Gasteiger partial charge in [-0.3, -0.25) is 9.69 Å². The van der Waals surface area contributed by atoms with Gasteiger partial charge in [0.25, 0.3) is 0 Å². The number of piperidine rings is 1. The molecule has 3 aliphatic rings. The Morgan fingerprint density at radius 2 is 1.71 bits per heavy atom. The fourth-order valence-electron chi connectivity index (χ4n) is 4.37. The summed E-state index contributed by atoms with van der Waals surface area (Å²) in [6.45, 7) is 4.18. The molecular formula is C17H30N2O2. The summed E-state index contributed by atoms with van der Waals surface area (Å²) in [7, 11) is 0. The Bertz CT molecular complexity index is 360. The van der Waals surface area contributed by atoms with Crippen LogP contribution in [0.3, 0.4) is 0 Å². The third-order valence-electron chi connectivity index (χ3n) is 5.67. The van der Waals surface area contributed by atoms with Crippen LogP contribution in [-0.2, 0) is 4.79 Å². The van der Waals surface area contributed by atoms with Crippen LogP contribution in [0.1, 0.15) is 64.2 Å². The summed E-state index contributed by atoms with van der Waals surface area (Å²) in [6, 6.07) is 0.561. The van der Waals surface area contributed by atoms with Crippen LogP contribution in [0.5, 0.6) is 0 Å². The number of amides is 1. The lowest BCUT2D eigenvalue weighted by Gasteiger charge is -2.39. The highest BCUT2D eigenvalue weighted by atomic mass is 16.3. The molecule has 0 aromatic heterocycles. The van der Waals surface area contributed by atoms with Gasteiger partial charge in [0.05, 0.1) is 12.0 Å². The van der Waals surface area contributed by atoms with Crippen molar-refractivity contribution in [3.05, 3.63) is 0 Å². The summed E-state index contributed by atoms with van der Waals surface area (Å²) >= 11 is 0. The number of likely N-dealkylation sites (tertiary alicyclic amines) is 2. The van der Waals surface area contributed by atoms with E-state index in [9.17, 15) is 9.90 Å². The summed E-state index contributed by atoms with van der Waals surface area (Å²) in [6.07, 6.45) is 10.3. The van der Waals surface area contributed by atoms with E-state index in [2.05, 4.69) is 4.90 Å². The zero-order valence-electron chi connectivity index (χ0n) is 13.2. The highest BCUT2D eigenvalue weighted by Gasteiger charge is 2.35. The van der Waals surface area contributed by atoms with Gasteiger partial charge in [0.2, 0.25) is 5.91 Å². The van der Waals surface area contributed by atoms with Crippen molar-refractivity contribution >= 4 is 5.91 Å². The Morgan fingerprint density at radius 1 is 1.00 bits per heavy atom. The standard InChI is InChI=1S/C17H30N2O2/c20-16(13-17(21)8-2-1-3-9-17)19-12-6-7-15(14-19)18-10-4-5-11-18/h15,21H,1-14H2. The van der Waals surface area contributed by atoms with Gasteiger partial charge in [0.1, 0.15) is 0 Å². The first-order valence-electron chi connectivity index (χ1n) is 8.91. The molecule has 3 rings (SSSR count). The van der Waals surface area contributed by atoms with Crippen LogP contribution in [-0.4, -0.2) is 58.6 Å². The Labute approximate surface area is 128 Å². The third kappa shape index (κ3) is 3.78. The van der Waals surface area contributed by atoms with E-state index in [1.54, 1.807) is 0 Å². The quantitative estimate of drug-likeness (QED) is 0.867. The molecule has 1 unspecified atom stereocenters. The minimum atomic E-state index is -0.712. The van der Waals surface area contributed by atoms with Gasteiger partial charge in [0, 0.05) is 19.1 Å². The minimum absolute atomic E-state index is 0.184. The highest BCUT2D eigenvalue weighted by molar-refractivity contribution is 5.77. The van der Waals surface area contributed by atoms with E-state index < -0.39 is 5.60 Å². The SMILES string of the molecule is O=C(CC1(O)CCCCC1)N1CCCC(N2CCCC2)C1. The molecule has 0 bridgehead atoms. The van der Waals surface area contributed by atoms with Gasteiger partial charge in [-0.25, -0.2) is 0 Å². The van der Waals surface area contributed by atoms with Crippen LogP contribution in [0, 0.1) is 0 Å². The molecule has 2 heterocycles. The van der Waals surface area contributed by atoms with Crippen molar-refractivity contribution in [1.29, 1.82) is 0 Å². The molecule has 0 aromatic carbocycles. The second-order valence-corrected chi connectivity index (χ2v) is 7.34. The molecule has 21 heavy (non-hydrogen) atoms. The maximum atomic E-state index is 12.6. The fourth-order valence-corrected chi connectivity index (χ4v) is 4.37. The largest absolute Gasteiger partial charge is 0.389 e. The van der Waals surface area contributed by atoms with Crippen molar-refractivity contribution in [2.24, 2.45) is 0 Å². The number of nitrogens with zero attached hydrogens (tertiary/aromatic N) is 2. The molecule has 0 radical (unpaired) electrons. The van der Waals surface area contributed by atoms with Gasteiger partial charge in [-0.05, 0) is 51.6 Å². The molecule has 1 N–H and O–H groups in total. The van der Waals surface area contributed by atoms with Gasteiger partial charge >= 0.3 is 0 Å². The maximum Gasteiger partial charge on any atom is 0.225 e.